The summed E-state index contributed by atoms with van der Waals surface area (Å²) in [5.41, 5.74) is 3.15. The molecule has 2 aliphatic heterocycles. The van der Waals surface area contributed by atoms with Crippen LogP contribution in [-0.4, -0.2) is 64.5 Å². The standard InChI is InChI=1S/C24H22BrClFN5O2/c25-15-4-6-16(7-5-15)30-10-12-31(13-11-30)24(34)22-18-14-32(9-8-20(18)28-29-22)23(33)17-2-1-3-19(27)21(17)26/h1-7H,8-14H2,(H,28,29). The van der Waals surface area contributed by atoms with Gasteiger partial charge in [0.1, 0.15) is 5.82 Å². The van der Waals surface area contributed by atoms with Crippen LogP contribution in [0.15, 0.2) is 46.9 Å². The molecule has 176 valence electrons. The minimum absolute atomic E-state index is 0.116. The predicted octanol–water partition coefficient (Wildman–Crippen LogP) is 4.13. The molecule has 1 N–H and O–H groups in total. The summed E-state index contributed by atoms with van der Waals surface area (Å²) in [5, 5.41) is 7.08. The predicted molar refractivity (Wildman–Crippen MR) is 131 cm³/mol. The molecule has 5 rings (SSSR count). The van der Waals surface area contributed by atoms with Crippen LogP contribution in [0.25, 0.3) is 0 Å². The SMILES string of the molecule is O=C(c1cccc(F)c1Cl)N1CCc2[nH]nc(C(=O)N3CCN(c4ccc(Br)cc4)CC3)c2C1. The van der Waals surface area contributed by atoms with Crippen molar-refractivity contribution in [1.29, 1.82) is 0 Å². The number of hydrogen-bond acceptors (Lipinski definition) is 4. The molecule has 0 aliphatic carbocycles. The van der Waals surface area contributed by atoms with Crippen molar-refractivity contribution in [3.63, 3.8) is 0 Å². The van der Waals surface area contributed by atoms with Gasteiger partial charge in [0.05, 0.1) is 17.1 Å². The van der Waals surface area contributed by atoms with Gasteiger partial charge in [0.25, 0.3) is 11.8 Å². The summed E-state index contributed by atoms with van der Waals surface area (Å²) in [6.45, 7) is 3.26. The third kappa shape index (κ3) is 4.30. The highest BCUT2D eigenvalue weighted by Gasteiger charge is 2.32. The topological polar surface area (TPSA) is 72.5 Å². The number of piperazine rings is 1. The van der Waals surface area contributed by atoms with Gasteiger partial charge in [-0.1, -0.05) is 33.6 Å². The van der Waals surface area contributed by atoms with Crippen molar-refractivity contribution < 1.29 is 14.0 Å². The third-order valence-electron chi connectivity index (χ3n) is 6.36. The lowest BCUT2D eigenvalue weighted by Gasteiger charge is -2.36. The molecule has 1 fully saturated rings. The lowest BCUT2D eigenvalue weighted by Crippen LogP contribution is -2.49. The second-order valence-corrected chi connectivity index (χ2v) is 9.66. The van der Waals surface area contributed by atoms with Crippen molar-refractivity contribution in [3.8, 4) is 0 Å². The minimum Gasteiger partial charge on any atom is -0.368 e. The molecule has 7 nitrogen and oxygen atoms in total. The van der Waals surface area contributed by atoms with Gasteiger partial charge in [0.15, 0.2) is 5.69 Å². The first kappa shape index (κ1) is 22.9. The number of nitrogens with one attached hydrogen (secondary N) is 1. The molecule has 34 heavy (non-hydrogen) atoms. The fourth-order valence-corrected chi connectivity index (χ4v) is 4.93. The van der Waals surface area contributed by atoms with E-state index in [2.05, 4.69) is 43.2 Å². The van der Waals surface area contributed by atoms with Crippen molar-refractivity contribution in [2.45, 2.75) is 13.0 Å². The number of rotatable bonds is 3. The van der Waals surface area contributed by atoms with Crippen molar-refractivity contribution >= 4 is 45.0 Å². The summed E-state index contributed by atoms with van der Waals surface area (Å²) in [7, 11) is 0. The van der Waals surface area contributed by atoms with Crippen LogP contribution >= 0.6 is 27.5 Å². The first-order valence-corrected chi connectivity index (χ1v) is 12.2. The average Bonchev–Trinajstić information content (AvgIpc) is 3.29. The number of fused-ring (bicyclic) bond motifs is 1. The highest BCUT2D eigenvalue weighted by Crippen LogP contribution is 2.27. The number of aromatic nitrogens is 2. The van der Waals surface area contributed by atoms with Crippen LogP contribution in [0.2, 0.25) is 5.02 Å². The van der Waals surface area contributed by atoms with Gasteiger partial charge in [-0.15, -0.1) is 0 Å². The number of H-pyrrole nitrogens is 1. The molecule has 10 heteroatoms. The number of carbonyl (C=O) groups excluding carboxylic acids is 2. The van der Waals surface area contributed by atoms with Gasteiger partial charge in [-0.2, -0.15) is 5.10 Å². The van der Waals surface area contributed by atoms with Crippen molar-refractivity contribution in [2.24, 2.45) is 0 Å². The van der Waals surface area contributed by atoms with E-state index in [4.69, 9.17) is 11.6 Å². The Morgan fingerprint density at radius 2 is 1.71 bits per heavy atom. The van der Waals surface area contributed by atoms with E-state index in [0.29, 0.717) is 37.3 Å². The molecule has 1 saturated heterocycles. The van der Waals surface area contributed by atoms with Gasteiger partial charge in [0.2, 0.25) is 0 Å². The average molecular weight is 547 g/mol. The van der Waals surface area contributed by atoms with Crippen molar-refractivity contribution in [2.75, 3.05) is 37.6 Å². The van der Waals surface area contributed by atoms with E-state index in [1.165, 1.54) is 18.2 Å². The molecule has 2 aromatic carbocycles. The van der Waals surface area contributed by atoms with Gasteiger partial charge in [-0.05, 0) is 36.4 Å². The summed E-state index contributed by atoms with van der Waals surface area (Å²) >= 11 is 9.48. The smallest absolute Gasteiger partial charge is 0.274 e. The van der Waals surface area contributed by atoms with Crippen LogP contribution in [0, 0.1) is 5.82 Å². The lowest BCUT2D eigenvalue weighted by molar-refractivity contribution is 0.0709. The number of aromatic amines is 1. The minimum atomic E-state index is -0.633. The number of nitrogens with zero attached hydrogens (tertiary/aromatic N) is 4. The molecule has 0 atom stereocenters. The molecule has 0 unspecified atom stereocenters. The molecule has 3 heterocycles. The molecule has 1 aromatic heterocycles. The Bertz CT molecular complexity index is 1240. The molecular weight excluding hydrogens is 525 g/mol. The summed E-state index contributed by atoms with van der Waals surface area (Å²) in [6.07, 6.45) is 0.533. The Kier molecular flexibility index (Phi) is 6.31. The first-order chi connectivity index (χ1) is 16.4. The molecule has 0 radical (unpaired) electrons. The van der Waals surface area contributed by atoms with Gasteiger partial charge in [0, 0.05) is 60.6 Å². The van der Waals surface area contributed by atoms with Crippen LogP contribution < -0.4 is 4.90 Å². The maximum Gasteiger partial charge on any atom is 0.274 e. The van der Waals surface area contributed by atoms with Crippen LogP contribution in [0.5, 0.6) is 0 Å². The normalized spacial score (nSPS) is 15.9. The van der Waals surface area contributed by atoms with Crippen LogP contribution in [-0.2, 0) is 13.0 Å². The van der Waals surface area contributed by atoms with Crippen LogP contribution in [0.3, 0.4) is 0 Å². The zero-order valence-corrected chi connectivity index (χ0v) is 20.6. The van der Waals surface area contributed by atoms with E-state index in [1.54, 1.807) is 9.80 Å². The monoisotopic (exact) mass is 545 g/mol. The fraction of sp³-hybridized carbons (Fsp3) is 0.292. The van der Waals surface area contributed by atoms with E-state index in [1.807, 2.05) is 12.1 Å². The highest BCUT2D eigenvalue weighted by molar-refractivity contribution is 9.10. The van der Waals surface area contributed by atoms with Crippen LogP contribution in [0.4, 0.5) is 10.1 Å². The second-order valence-electron chi connectivity index (χ2n) is 8.36. The molecule has 2 aliphatic rings. The molecule has 0 saturated carbocycles. The molecule has 3 aromatic rings. The first-order valence-electron chi connectivity index (χ1n) is 11.0. The summed E-state index contributed by atoms with van der Waals surface area (Å²) in [4.78, 5) is 32.0. The summed E-state index contributed by atoms with van der Waals surface area (Å²) < 4.78 is 14.9. The molecule has 0 spiro atoms. The van der Waals surface area contributed by atoms with Crippen LogP contribution in [0.1, 0.15) is 32.1 Å². The lowest BCUT2D eigenvalue weighted by atomic mass is 10.0. The van der Waals surface area contributed by atoms with Gasteiger partial charge >= 0.3 is 0 Å². The Balaban J connectivity index is 1.28. The van der Waals surface area contributed by atoms with E-state index < -0.39 is 5.82 Å². The van der Waals surface area contributed by atoms with E-state index >= 15 is 0 Å². The van der Waals surface area contributed by atoms with Crippen molar-refractivity contribution in [1.82, 2.24) is 20.0 Å². The van der Waals surface area contributed by atoms with E-state index in [0.717, 1.165) is 28.9 Å². The second kappa shape index (κ2) is 9.38. The number of hydrogen-bond donors (Lipinski definition) is 1. The Morgan fingerprint density at radius 3 is 2.44 bits per heavy atom. The van der Waals surface area contributed by atoms with Gasteiger partial charge < -0.3 is 14.7 Å². The Hall–Kier alpha value is -2.91. The van der Waals surface area contributed by atoms with Gasteiger partial charge in [-0.3, -0.25) is 14.7 Å². The largest absolute Gasteiger partial charge is 0.368 e. The fourth-order valence-electron chi connectivity index (χ4n) is 4.45. The van der Waals surface area contributed by atoms with E-state index in [-0.39, 0.29) is 28.9 Å². The maximum absolute atomic E-state index is 13.9. The summed E-state index contributed by atoms with van der Waals surface area (Å²) in [5.74, 6) is -1.14. The molecule has 2 amide bonds. The maximum atomic E-state index is 13.9. The quantitative estimate of drug-likeness (QED) is 0.536. The van der Waals surface area contributed by atoms with E-state index in [9.17, 15) is 14.0 Å². The number of halogens is 3. The molecule has 0 bridgehead atoms. The third-order valence-corrected chi connectivity index (χ3v) is 7.28. The number of anilines is 1. The Morgan fingerprint density at radius 1 is 0.971 bits per heavy atom. The number of amides is 2. The van der Waals surface area contributed by atoms with Gasteiger partial charge in [-0.25, -0.2) is 4.39 Å². The van der Waals surface area contributed by atoms with Crippen molar-refractivity contribution in [3.05, 3.63) is 80.3 Å². The summed E-state index contributed by atoms with van der Waals surface area (Å²) in [6, 6.07) is 12.3. The highest BCUT2D eigenvalue weighted by atomic mass is 79.9. The zero-order valence-electron chi connectivity index (χ0n) is 18.2. The molecular formula is C24H22BrClFN5O2. The number of benzene rings is 2. The number of carbonyl (C=O) groups is 2. The Labute approximate surface area is 209 Å². The zero-order chi connectivity index (χ0) is 23.8.